The summed E-state index contributed by atoms with van der Waals surface area (Å²) in [6, 6.07) is 8.94. The zero-order chi connectivity index (χ0) is 24.2. The van der Waals surface area contributed by atoms with E-state index >= 15 is 0 Å². The van der Waals surface area contributed by atoms with Gasteiger partial charge < -0.3 is 26.0 Å². The third-order valence-electron chi connectivity index (χ3n) is 5.15. The fraction of sp³-hybridized carbons (Fsp3) is 0.0870. The van der Waals surface area contributed by atoms with Crippen LogP contribution in [0.4, 0.5) is 21.7 Å². The van der Waals surface area contributed by atoms with Crippen LogP contribution < -0.4 is 16.0 Å². The number of nitrogens with two attached hydrogens (primary N) is 1. The first-order valence-corrected chi connectivity index (χ1v) is 10.2. The van der Waals surface area contributed by atoms with E-state index in [2.05, 4.69) is 31.8 Å². The number of hydrogen-bond acceptors (Lipinski definition) is 8. The van der Waals surface area contributed by atoms with Crippen molar-refractivity contribution in [2.45, 2.75) is 0 Å². The number of H-pyrrole nitrogens is 1. The van der Waals surface area contributed by atoms with Crippen molar-refractivity contribution in [3.8, 4) is 5.75 Å². The molecule has 6 N–H and O–H groups in total. The Hall–Kier alpha value is -4.80. The number of aromatic amines is 1. The molecule has 4 rings (SSSR count). The molecule has 11 heteroatoms. The van der Waals surface area contributed by atoms with Crippen molar-refractivity contribution >= 4 is 40.0 Å². The number of halogens is 1. The number of anilines is 3. The molecule has 0 atom stereocenters. The van der Waals surface area contributed by atoms with Crippen LogP contribution in [-0.2, 0) is 4.79 Å². The molecular formula is C23H21FN8O2. The van der Waals surface area contributed by atoms with Gasteiger partial charge in [-0.15, -0.1) is 0 Å². The molecule has 2 heterocycles. The molecule has 0 radical (unpaired) electrons. The van der Waals surface area contributed by atoms with Gasteiger partial charge in [0.25, 0.3) is 0 Å². The van der Waals surface area contributed by atoms with Crippen LogP contribution in [-0.4, -0.2) is 49.8 Å². The number of benzene rings is 2. The lowest BCUT2D eigenvalue weighted by Gasteiger charge is -2.22. The molecule has 0 bridgehead atoms. The number of nitrogens with one attached hydrogen (secondary N) is 3. The van der Waals surface area contributed by atoms with Crippen LogP contribution in [0.2, 0.25) is 0 Å². The van der Waals surface area contributed by atoms with E-state index in [9.17, 15) is 14.3 Å². The van der Waals surface area contributed by atoms with Gasteiger partial charge in [-0.05, 0) is 42.5 Å². The van der Waals surface area contributed by atoms with Crippen molar-refractivity contribution in [1.29, 1.82) is 5.41 Å². The minimum absolute atomic E-state index is 0.0371. The molecule has 0 saturated heterocycles. The number of phenols is 1. The molecule has 2 aromatic heterocycles. The second-order valence-electron chi connectivity index (χ2n) is 7.25. The van der Waals surface area contributed by atoms with E-state index in [1.54, 1.807) is 18.5 Å². The second kappa shape index (κ2) is 9.36. The molecule has 0 fully saturated rings. The van der Waals surface area contributed by atoms with Crippen molar-refractivity contribution in [3.05, 3.63) is 78.7 Å². The predicted molar refractivity (Wildman–Crippen MR) is 128 cm³/mol. The highest BCUT2D eigenvalue weighted by molar-refractivity contribution is 6.16. The number of fused-ring (bicyclic) bond motifs is 1. The van der Waals surface area contributed by atoms with Gasteiger partial charge in [-0.2, -0.15) is 0 Å². The van der Waals surface area contributed by atoms with E-state index in [0.29, 0.717) is 5.69 Å². The van der Waals surface area contributed by atoms with Crippen LogP contribution in [0, 0.1) is 11.2 Å². The van der Waals surface area contributed by atoms with Crippen molar-refractivity contribution in [2.75, 3.05) is 29.0 Å². The molecule has 2 aromatic carbocycles. The van der Waals surface area contributed by atoms with Gasteiger partial charge in [-0.1, -0.05) is 6.58 Å². The first-order valence-electron chi connectivity index (χ1n) is 10.2. The van der Waals surface area contributed by atoms with Gasteiger partial charge in [0.05, 0.1) is 28.6 Å². The summed E-state index contributed by atoms with van der Waals surface area (Å²) in [6.07, 6.45) is 4.05. The first kappa shape index (κ1) is 22.4. The van der Waals surface area contributed by atoms with Gasteiger partial charge in [0.1, 0.15) is 18.0 Å². The number of phenolic OH excluding ortho intramolecular Hbond substituents is 1. The standard InChI is InChI=1S/C23H21FN8O2/c1-2-19(34)32(14-4-6-16-17(10-14)29-11-28-16)8-7-27-23-20(22(26)30-12-31-23)21(25)13-3-5-15(24)18(33)9-13/h2-6,9-12,25,33H,1,7-8H2,(H,28,29)(H3,26,27,30,31). The molecule has 0 aliphatic heterocycles. The molecule has 0 aliphatic rings. The van der Waals surface area contributed by atoms with Gasteiger partial charge in [0, 0.05) is 24.3 Å². The molecule has 4 aromatic rings. The molecule has 1 amide bonds. The number of nitrogens with zero attached hydrogens (tertiary/aromatic N) is 4. The third-order valence-corrected chi connectivity index (χ3v) is 5.15. The van der Waals surface area contributed by atoms with E-state index < -0.39 is 11.6 Å². The monoisotopic (exact) mass is 460 g/mol. The lowest BCUT2D eigenvalue weighted by atomic mass is 10.0. The Morgan fingerprint density at radius 3 is 2.85 bits per heavy atom. The number of carbonyl (C=O) groups excluding carboxylic acids is 1. The minimum Gasteiger partial charge on any atom is -0.505 e. The van der Waals surface area contributed by atoms with Gasteiger partial charge in [-0.3, -0.25) is 10.2 Å². The third kappa shape index (κ3) is 4.39. The molecule has 0 unspecified atom stereocenters. The van der Waals surface area contributed by atoms with Crippen molar-refractivity contribution in [2.24, 2.45) is 0 Å². The molecule has 10 nitrogen and oxygen atoms in total. The fourth-order valence-electron chi connectivity index (χ4n) is 3.45. The number of rotatable bonds is 8. The van der Waals surface area contributed by atoms with Crippen LogP contribution >= 0.6 is 0 Å². The minimum atomic E-state index is -0.799. The average molecular weight is 460 g/mol. The van der Waals surface area contributed by atoms with Gasteiger partial charge in [0.15, 0.2) is 11.6 Å². The number of imidazole rings is 1. The summed E-state index contributed by atoms with van der Waals surface area (Å²) in [5.74, 6) is -1.38. The first-order chi connectivity index (χ1) is 16.4. The Balaban J connectivity index is 1.56. The maximum absolute atomic E-state index is 13.4. The SMILES string of the molecule is C=CC(=O)N(CCNc1ncnc(N)c1C(=N)c1ccc(F)c(O)c1)c1ccc2nc[nH]c2c1. The van der Waals surface area contributed by atoms with E-state index in [1.165, 1.54) is 23.4 Å². The van der Waals surface area contributed by atoms with Crippen molar-refractivity contribution < 1.29 is 14.3 Å². The molecular weight excluding hydrogens is 439 g/mol. The largest absolute Gasteiger partial charge is 0.505 e. The maximum atomic E-state index is 13.4. The Bertz CT molecular complexity index is 1400. The Labute approximate surface area is 193 Å². The summed E-state index contributed by atoms with van der Waals surface area (Å²) in [7, 11) is 0. The van der Waals surface area contributed by atoms with Crippen LogP contribution in [0.15, 0.2) is 61.7 Å². The summed E-state index contributed by atoms with van der Waals surface area (Å²) in [5.41, 5.74) is 8.55. The van der Waals surface area contributed by atoms with Crippen LogP contribution in [0.5, 0.6) is 5.75 Å². The number of carbonyl (C=O) groups is 1. The van der Waals surface area contributed by atoms with E-state index in [0.717, 1.165) is 23.2 Å². The Kier molecular flexibility index (Phi) is 6.17. The van der Waals surface area contributed by atoms with Crippen LogP contribution in [0.1, 0.15) is 11.1 Å². The number of amides is 1. The lowest BCUT2D eigenvalue weighted by Crippen LogP contribution is -2.34. The quantitative estimate of drug-likeness (QED) is 0.200. The lowest BCUT2D eigenvalue weighted by molar-refractivity contribution is -0.114. The zero-order valence-electron chi connectivity index (χ0n) is 17.9. The highest BCUT2D eigenvalue weighted by Crippen LogP contribution is 2.25. The fourth-order valence-corrected chi connectivity index (χ4v) is 3.45. The van der Waals surface area contributed by atoms with Crippen molar-refractivity contribution in [3.63, 3.8) is 0 Å². The molecule has 0 spiro atoms. The Morgan fingerprint density at radius 1 is 1.26 bits per heavy atom. The number of nitrogen functional groups attached to an aromatic ring is 1. The maximum Gasteiger partial charge on any atom is 0.250 e. The summed E-state index contributed by atoms with van der Waals surface area (Å²) < 4.78 is 13.4. The zero-order valence-corrected chi connectivity index (χ0v) is 17.9. The van der Waals surface area contributed by atoms with Crippen molar-refractivity contribution in [1.82, 2.24) is 19.9 Å². The molecule has 34 heavy (non-hydrogen) atoms. The number of aromatic nitrogens is 4. The second-order valence-corrected chi connectivity index (χ2v) is 7.25. The summed E-state index contributed by atoms with van der Waals surface area (Å²) in [5, 5.41) is 21.3. The highest BCUT2D eigenvalue weighted by Gasteiger charge is 2.19. The topological polar surface area (TPSA) is 157 Å². The summed E-state index contributed by atoms with van der Waals surface area (Å²) >= 11 is 0. The summed E-state index contributed by atoms with van der Waals surface area (Å²) in [6.45, 7) is 4.08. The normalized spacial score (nSPS) is 10.7. The highest BCUT2D eigenvalue weighted by atomic mass is 19.1. The number of aromatic hydroxyl groups is 1. The molecule has 0 saturated carbocycles. The smallest absolute Gasteiger partial charge is 0.250 e. The number of hydrogen-bond donors (Lipinski definition) is 5. The van der Waals surface area contributed by atoms with Gasteiger partial charge >= 0.3 is 0 Å². The molecule has 0 aliphatic carbocycles. The van der Waals surface area contributed by atoms with Gasteiger partial charge in [0.2, 0.25) is 5.91 Å². The van der Waals surface area contributed by atoms with E-state index in [-0.39, 0.29) is 47.5 Å². The van der Waals surface area contributed by atoms with Crippen LogP contribution in [0.3, 0.4) is 0 Å². The van der Waals surface area contributed by atoms with E-state index in [4.69, 9.17) is 11.1 Å². The van der Waals surface area contributed by atoms with Gasteiger partial charge in [-0.25, -0.2) is 19.3 Å². The summed E-state index contributed by atoms with van der Waals surface area (Å²) in [4.78, 5) is 29.4. The van der Waals surface area contributed by atoms with E-state index in [1.807, 2.05) is 6.07 Å². The molecule has 172 valence electrons. The average Bonchev–Trinajstić information content (AvgIpc) is 3.31. The predicted octanol–water partition coefficient (Wildman–Crippen LogP) is 2.83. The van der Waals surface area contributed by atoms with Crippen LogP contribution in [0.25, 0.3) is 11.0 Å². The Morgan fingerprint density at radius 2 is 2.09 bits per heavy atom.